The molecule has 1 aliphatic heterocycles. The van der Waals surface area contributed by atoms with E-state index in [1.807, 2.05) is 0 Å². The summed E-state index contributed by atoms with van der Waals surface area (Å²) < 4.78 is 0. The van der Waals surface area contributed by atoms with E-state index < -0.39 is 0 Å². The fraction of sp³-hybridized carbons (Fsp3) is 0.471. The lowest BCUT2D eigenvalue weighted by molar-refractivity contribution is 0.148. The van der Waals surface area contributed by atoms with E-state index in [1.54, 1.807) is 0 Å². The van der Waals surface area contributed by atoms with E-state index in [0.717, 1.165) is 43.8 Å². The normalized spacial score (nSPS) is 17.5. The van der Waals surface area contributed by atoms with Crippen molar-refractivity contribution in [3.63, 3.8) is 0 Å². The Hall–Kier alpha value is -1.16. The van der Waals surface area contributed by atoms with Gasteiger partial charge in [0.25, 0.3) is 0 Å². The molecule has 0 unspecified atom stereocenters. The molecule has 21 heavy (non-hydrogen) atoms. The van der Waals surface area contributed by atoms with Gasteiger partial charge in [-0.25, -0.2) is 4.98 Å². The zero-order valence-corrected chi connectivity index (χ0v) is 13.7. The van der Waals surface area contributed by atoms with Crippen LogP contribution in [0.4, 0.5) is 0 Å². The number of aryl methyl sites for hydroxylation is 2. The van der Waals surface area contributed by atoms with Crippen LogP contribution >= 0.6 is 11.6 Å². The third-order valence-electron chi connectivity index (χ3n) is 4.53. The minimum atomic E-state index is 0.648. The summed E-state index contributed by atoms with van der Waals surface area (Å²) in [6.07, 6.45) is 0. The molecule has 0 atom stereocenters. The molecule has 112 valence electrons. The topological polar surface area (TPSA) is 19.4 Å². The summed E-state index contributed by atoms with van der Waals surface area (Å²) in [7, 11) is 2.17. The molecule has 0 N–H and O–H groups in total. The first kappa shape index (κ1) is 14.8. The maximum Gasteiger partial charge on any atom is 0.134 e. The first-order valence-corrected chi connectivity index (χ1v) is 7.88. The van der Waals surface area contributed by atoms with E-state index in [9.17, 15) is 0 Å². The van der Waals surface area contributed by atoms with Crippen molar-refractivity contribution in [1.82, 2.24) is 14.8 Å². The van der Waals surface area contributed by atoms with Gasteiger partial charge in [0.2, 0.25) is 0 Å². The zero-order valence-electron chi connectivity index (χ0n) is 13.0. The van der Waals surface area contributed by atoms with Gasteiger partial charge in [-0.15, -0.1) is 0 Å². The lowest BCUT2D eigenvalue weighted by Crippen LogP contribution is -2.43. The number of rotatable bonds is 2. The third-order valence-corrected chi connectivity index (χ3v) is 4.85. The van der Waals surface area contributed by atoms with Crippen LogP contribution in [-0.4, -0.2) is 48.0 Å². The number of fused-ring (bicyclic) bond motifs is 1. The van der Waals surface area contributed by atoms with Gasteiger partial charge in [-0.05, 0) is 38.1 Å². The molecule has 1 fully saturated rings. The molecule has 0 spiro atoms. The molecule has 1 aromatic carbocycles. The second kappa shape index (κ2) is 5.91. The summed E-state index contributed by atoms with van der Waals surface area (Å²) in [6.45, 7) is 9.55. The van der Waals surface area contributed by atoms with Gasteiger partial charge in [-0.1, -0.05) is 23.7 Å². The molecular formula is C17H22ClN3. The summed E-state index contributed by atoms with van der Waals surface area (Å²) in [5.41, 5.74) is 4.65. The summed E-state index contributed by atoms with van der Waals surface area (Å²) in [4.78, 5) is 9.46. The number of aromatic nitrogens is 1. The van der Waals surface area contributed by atoms with Crippen LogP contribution in [0.5, 0.6) is 0 Å². The van der Waals surface area contributed by atoms with E-state index in [1.165, 1.54) is 16.5 Å². The molecule has 1 saturated heterocycles. The molecule has 0 aliphatic carbocycles. The van der Waals surface area contributed by atoms with Crippen molar-refractivity contribution in [2.75, 3.05) is 33.2 Å². The molecule has 4 heteroatoms. The highest BCUT2D eigenvalue weighted by atomic mass is 35.5. The number of pyridine rings is 1. The van der Waals surface area contributed by atoms with Crippen molar-refractivity contribution >= 4 is 22.5 Å². The maximum absolute atomic E-state index is 6.43. The Labute approximate surface area is 131 Å². The molecule has 0 amide bonds. The van der Waals surface area contributed by atoms with Crippen LogP contribution in [0, 0.1) is 13.8 Å². The predicted octanol–water partition coefficient (Wildman–Crippen LogP) is 3.25. The Morgan fingerprint density at radius 2 is 1.86 bits per heavy atom. The van der Waals surface area contributed by atoms with Crippen LogP contribution in [0.15, 0.2) is 18.2 Å². The third kappa shape index (κ3) is 3.05. The van der Waals surface area contributed by atoms with Gasteiger partial charge in [-0.3, -0.25) is 4.90 Å². The highest BCUT2D eigenvalue weighted by Gasteiger charge is 2.16. The molecule has 1 aromatic heterocycles. The minimum Gasteiger partial charge on any atom is -0.304 e. The molecule has 3 rings (SSSR count). The number of likely N-dealkylation sites (N-methyl/N-ethyl adjacent to an activating group) is 1. The number of hydrogen-bond acceptors (Lipinski definition) is 3. The lowest BCUT2D eigenvalue weighted by atomic mass is 10.0. The van der Waals surface area contributed by atoms with Crippen LogP contribution in [0.2, 0.25) is 5.15 Å². The standard InChI is InChI=1S/C17H22ClN3/c1-12-4-5-14-10-15(17(18)19-16(14)13(12)2)11-21-8-6-20(3)7-9-21/h4-5,10H,6-9,11H2,1-3H3. The fourth-order valence-corrected chi connectivity index (χ4v) is 3.06. The van der Waals surface area contributed by atoms with Crippen molar-refractivity contribution < 1.29 is 0 Å². The molecule has 0 saturated carbocycles. The summed E-state index contributed by atoms with van der Waals surface area (Å²) in [5, 5.41) is 1.83. The number of halogens is 1. The maximum atomic E-state index is 6.43. The van der Waals surface area contributed by atoms with Gasteiger partial charge in [0.05, 0.1) is 5.52 Å². The number of nitrogens with zero attached hydrogens (tertiary/aromatic N) is 3. The van der Waals surface area contributed by atoms with E-state index in [0.29, 0.717) is 5.15 Å². The fourth-order valence-electron chi connectivity index (χ4n) is 2.86. The van der Waals surface area contributed by atoms with Gasteiger partial charge in [0, 0.05) is 43.7 Å². The van der Waals surface area contributed by atoms with Gasteiger partial charge in [0.1, 0.15) is 5.15 Å². The highest BCUT2D eigenvalue weighted by Crippen LogP contribution is 2.26. The first-order chi connectivity index (χ1) is 10.0. The van der Waals surface area contributed by atoms with E-state index in [2.05, 4.69) is 53.9 Å². The molecule has 0 bridgehead atoms. The van der Waals surface area contributed by atoms with Crippen molar-refractivity contribution in [2.24, 2.45) is 0 Å². The second-order valence-electron chi connectivity index (χ2n) is 6.10. The average Bonchev–Trinajstić information content (AvgIpc) is 2.47. The largest absolute Gasteiger partial charge is 0.304 e. The quantitative estimate of drug-likeness (QED) is 0.794. The predicted molar refractivity (Wildman–Crippen MR) is 89.0 cm³/mol. The van der Waals surface area contributed by atoms with E-state index >= 15 is 0 Å². The highest BCUT2D eigenvalue weighted by molar-refractivity contribution is 6.30. The Morgan fingerprint density at radius 3 is 2.57 bits per heavy atom. The van der Waals surface area contributed by atoms with Crippen LogP contribution in [-0.2, 0) is 6.54 Å². The lowest BCUT2D eigenvalue weighted by Gasteiger charge is -2.32. The molecular weight excluding hydrogens is 282 g/mol. The Bertz CT molecular complexity index is 661. The van der Waals surface area contributed by atoms with Crippen LogP contribution in [0.25, 0.3) is 10.9 Å². The van der Waals surface area contributed by atoms with Crippen molar-refractivity contribution in [3.8, 4) is 0 Å². The van der Waals surface area contributed by atoms with Gasteiger partial charge >= 0.3 is 0 Å². The van der Waals surface area contributed by atoms with Crippen molar-refractivity contribution in [1.29, 1.82) is 0 Å². The Kier molecular flexibility index (Phi) is 4.16. The van der Waals surface area contributed by atoms with E-state index in [4.69, 9.17) is 11.6 Å². The van der Waals surface area contributed by atoms with E-state index in [-0.39, 0.29) is 0 Å². The summed E-state index contributed by atoms with van der Waals surface area (Å²) in [6, 6.07) is 6.51. The molecule has 1 aliphatic rings. The van der Waals surface area contributed by atoms with Gasteiger partial charge in [-0.2, -0.15) is 0 Å². The van der Waals surface area contributed by atoms with Gasteiger partial charge < -0.3 is 4.90 Å². The average molecular weight is 304 g/mol. The SMILES string of the molecule is Cc1ccc2cc(CN3CCN(C)CC3)c(Cl)nc2c1C. The monoisotopic (exact) mass is 303 g/mol. The zero-order chi connectivity index (χ0) is 15.0. The van der Waals surface area contributed by atoms with Crippen LogP contribution in [0.3, 0.4) is 0 Å². The summed E-state index contributed by atoms with van der Waals surface area (Å²) in [5.74, 6) is 0. The molecule has 0 radical (unpaired) electrons. The van der Waals surface area contributed by atoms with Crippen LogP contribution in [0.1, 0.15) is 16.7 Å². The first-order valence-electron chi connectivity index (χ1n) is 7.51. The minimum absolute atomic E-state index is 0.648. The number of hydrogen-bond donors (Lipinski definition) is 0. The van der Waals surface area contributed by atoms with Crippen LogP contribution < -0.4 is 0 Å². The molecule has 3 nitrogen and oxygen atoms in total. The number of piperazine rings is 1. The smallest absolute Gasteiger partial charge is 0.134 e. The van der Waals surface area contributed by atoms with Gasteiger partial charge in [0.15, 0.2) is 0 Å². The Morgan fingerprint density at radius 1 is 1.14 bits per heavy atom. The van der Waals surface area contributed by atoms with Crippen molar-refractivity contribution in [2.45, 2.75) is 20.4 Å². The second-order valence-corrected chi connectivity index (χ2v) is 6.45. The number of benzene rings is 1. The Balaban J connectivity index is 1.89. The summed E-state index contributed by atoms with van der Waals surface area (Å²) >= 11 is 6.43. The molecule has 2 aromatic rings. The van der Waals surface area contributed by atoms with Crippen molar-refractivity contribution in [3.05, 3.63) is 40.0 Å². The molecule has 2 heterocycles.